The van der Waals surface area contributed by atoms with E-state index in [0.29, 0.717) is 24.5 Å². The minimum Gasteiger partial charge on any atom is -0.486 e. The SMILES string of the molecule is Cc1ccc(OC2COC2)cc1C(=O)NC(C)c1cccc2ccccc12. The number of hydrogen-bond donors (Lipinski definition) is 1. The van der Waals surface area contributed by atoms with Crippen molar-refractivity contribution in [3.63, 3.8) is 0 Å². The van der Waals surface area contributed by atoms with Crippen LogP contribution in [0.25, 0.3) is 10.8 Å². The quantitative estimate of drug-likeness (QED) is 0.732. The third-order valence-electron chi connectivity index (χ3n) is 5.00. The molecule has 1 fully saturated rings. The van der Waals surface area contributed by atoms with Crippen LogP contribution >= 0.6 is 0 Å². The molecule has 0 saturated carbocycles. The van der Waals surface area contributed by atoms with Crippen LogP contribution in [0.4, 0.5) is 0 Å². The average molecular weight is 361 g/mol. The first-order chi connectivity index (χ1) is 13.1. The normalized spacial score (nSPS) is 15.2. The van der Waals surface area contributed by atoms with E-state index in [4.69, 9.17) is 9.47 Å². The van der Waals surface area contributed by atoms with Crippen molar-refractivity contribution in [3.8, 4) is 5.75 Å². The molecule has 4 heteroatoms. The molecule has 4 nitrogen and oxygen atoms in total. The molecule has 1 unspecified atom stereocenters. The number of carbonyl (C=O) groups excluding carboxylic acids is 1. The van der Waals surface area contributed by atoms with Crippen molar-refractivity contribution in [2.24, 2.45) is 0 Å². The van der Waals surface area contributed by atoms with Gasteiger partial charge in [0.05, 0.1) is 19.3 Å². The molecule has 1 aliphatic heterocycles. The number of amides is 1. The van der Waals surface area contributed by atoms with E-state index in [2.05, 4.69) is 29.6 Å². The Balaban J connectivity index is 1.55. The van der Waals surface area contributed by atoms with Gasteiger partial charge in [-0.25, -0.2) is 0 Å². The monoisotopic (exact) mass is 361 g/mol. The lowest BCUT2D eigenvalue weighted by atomic mass is 9.99. The van der Waals surface area contributed by atoms with Gasteiger partial charge in [-0.2, -0.15) is 0 Å². The van der Waals surface area contributed by atoms with Gasteiger partial charge in [0.15, 0.2) is 0 Å². The topological polar surface area (TPSA) is 47.6 Å². The highest BCUT2D eigenvalue weighted by molar-refractivity contribution is 5.96. The van der Waals surface area contributed by atoms with E-state index in [-0.39, 0.29) is 18.1 Å². The lowest BCUT2D eigenvalue weighted by molar-refractivity contribution is -0.0796. The molecule has 0 radical (unpaired) electrons. The minimum absolute atomic E-state index is 0.0817. The number of benzene rings is 3. The maximum absolute atomic E-state index is 12.9. The van der Waals surface area contributed by atoms with Crippen molar-refractivity contribution in [2.45, 2.75) is 26.0 Å². The Morgan fingerprint density at radius 1 is 1.11 bits per heavy atom. The fourth-order valence-electron chi connectivity index (χ4n) is 3.37. The van der Waals surface area contributed by atoms with E-state index in [1.54, 1.807) is 0 Å². The van der Waals surface area contributed by atoms with Crippen LogP contribution in [0.15, 0.2) is 60.7 Å². The van der Waals surface area contributed by atoms with E-state index >= 15 is 0 Å². The van der Waals surface area contributed by atoms with E-state index in [0.717, 1.165) is 16.5 Å². The number of ether oxygens (including phenoxy) is 2. The van der Waals surface area contributed by atoms with E-state index in [1.165, 1.54) is 5.39 Å². The van der Waals surface area contributed by atoms with Gasteiger partial charge in [-0.1, -0.05) is 48.5 Å². The van der Waals surface area contributed by atoms with E-state index in [9.17, 15) is 4.79 Å². The molecule has 0 spiro atoms. The lowest BCUT2D eigenvalue weighted by Gasteiger charge is -2.27. The number of nitrogens with one attached hydrogen (secondary N) is 1. The largest absolute Gasteiger partial charge is 0.486 e. The van der Waals surface area contributed by atoms with Crippen LogP contribution in [-0.4, -0.2) is 25.2 Å². The van der Waals surface area contributed by atoms with Gasteiger partial charge in [-0.15, -0.1) is 0 Å². The number of rotatable bonds is 5. The summed E-state index contributed by atoms with van der Waals surface area (Å²) < 4.78 is 11.0. The van der Waals surface area contributed by atoms with Crippen LogP contribution in [0.1, 0.15) is 34.5 Å². The molecular formula is C23H23NO3. The predicted molar refractivity (Wildman–Crippen MR) is 106 cm³/mol. The Labute approximate surface area is 159 Å². The second kappa shape index (κ2) is 7.41. The summed E-state index contributed by atoms with van der Waals surface area (Å²) in [6, 6.07) is 19.9. The van der Waals surface area contributed by atoms with Gasteiger partial charge in [0.25, 0.3) is 5.91 Å². The maximum atomic E-state index is 12.9. The minimum atomic E-state index is -0.104. The molecule has 0 bridgehead atoms. The van der Waals surface area contributed by atoms with E-state index in [1.807, 2.05) is 50.2 Å². The van der Waals surface area contributed by atoms with Gasteiger partial charge >= 0.3 is 0 Å². The molecule has 1 aliphatic rings. The number of carbonyl (C=O) groups is 1. The second-order valence-corrected chi connectivity index (χ2v) is 7.02. The summed E-state index contributed by atoms with van der Waals surface area (Å²) in [4.78, 5) is 12.9. The van der Waals surface area contributed by atoms with Crippen LogP contribution in [-0.2, 0) is 4.74 Å². The molecule has 1 amide bonds. The van der Waals surface area contributed by atoms with Crippen molar-refractivity contribution >= 4 is 16.7 Å². The fourth-order valence-corrected chi connectivity index (χ4v) is 3.37. The van der Waals surface area contributed by atoms with Crippen LogP contribution in [0, 0.1) is 6.92 Å². The molecule has 1 atom stereocenters. The first-order valence-corrected chi connectivity index (χ1v) is 9.25. The highest BCUT2D eigenvalue weighted by Gasteiger charge is 2.21. The second-order valence-electron chi connectivity index (χ2n) is 7.02. The molecule has 0 aromatic heterocycles. The zero-order chi connectivity index (χ0) is 18.8. The van der Waals surface area contributed by atoms with Crippen LogP contribution in [0.3, 0.4) is 0 Å². The summed E-state index contributed by atoms with van der Waals surface area (Å²) >= 11 is 0. The Bertz CT molecular complexity index is 973. The van der Waals surface area contributed by atoms with Crippen molar-refractivity contribution in [3.05, 3.63) is 77.4 Å². The van der Waals surface area contributed by atoms with Crippen molar-refractivity contribution in [2.75, 3.05) is 13.2 Å². The van der Waals surface area contributed by atoms with Crippen LogP contribution in [0.2, 0.25) is 0 Å². The van der Waals surface area contributed by atoms with Gasteiger partial charge in [0.1, 0.15) is 11.9 Å². The molecule has 1 saturated heterocycles. The third-order valence-corrected chi connectivity index (χ3v) is 5.00. The number of fused-ring (bicyclic) bond motifs is 1. The highest BCUT2D eigenvalue weighted by atomic mass is 16.6. The van der Waals surface area contributed by atoms with Gasteiger partial charge in [0.2, 0.25) is 0 Å². The summed E-state index contributed by atoms with van der Waals surface area (Å²) in [5.74, 6) is 0.611. The zero-order valence-electron chi connectivity index (χ0n) is 15.6. The third kappa shape index (κ3) is 3.67. The first kappa shape index (κ1) is 17.6. The van der Waals surface area contributed by atoms with Crippen LogP contribution < -0.4 is 10.1 Å². The smallest absolute Gasteiger partial charge is 0.252 e. The summed E-state index contributed by atoms with van der Waals surface area (Å²) in [5, 5.41) is 5.47. The first-order valence-electron chi connectivity index (χ1n) is 9.25. The molecule has 0 aliphatic carbocycles. The fraction of sp³-hybridized carbons (Fsp3) is 0.261. The summed E-state index contributed by atoms with van der Waals surface area (Å²) in [5.41, 5.74) is 2.67. The molecular weight excluding hydrogens is 338 g/mol. The van der Waals surface area contributed by atoms with Crippen LogP contribution in [0.5, 0.6) is 5.75 Å². The van der Waals surface area contributed by atoms with Gasteiger partial charge in [0, 0.05) is 5.56 Å². The lowest BCUT2D eigenvalue weighted by Crippen LogP contribution is -2.38. The maximum Gasteiger partial charge on any atom is 0.252 e. The molecule has 4 rings (SSSR count). The summed E-state index contributed by atoms with van der Waals surface area (Å²) in [7, 11) is 0. The molecule has 27 heavy (non-hydrogen) atoms. The molecule has 1 N–H and O–H groups in total. The van der Waals surface area contributed by atoms with Gasteiger partial charge in [-0.3, -0.25) is 4.79 Å². The standard InChI is InChI=1S/C23H23NO3/c1-15-10-11-18(27-19-13-26-14-19)12-22(15)23(25)24-16(2)20-9-5-7-17-6-3-4-8-21(17)20/h3-12,16,19H,13-14H2,1-2H3,(H,24,25). The van der Waals surface area contributed by atoms with Crippen molar-refractivity contribution < 1.29 is 14.3 Å². The zero-order valence-corrected chi connectivity index (χ0v) is 15.6. The average Bonchev–Trinajstić information content (AvgIpc) is 2.65. The molecule has 3 aromatic carbocycles. The Morgan fingerprint density at radius 3 is 2.67 bits per heavy atom. The summed E-state index contributed by atoms with van der Waals surface area (Å²) in [6.45, 7) is 5.16. The number of hydrogen-bond acceptors (Lipinski definition) is 3. The van der Waals surface area contributed by atoms with Crippen molar-refractivity contribution in [1.29, 1.82) is 0 Å². The molecule has 138 valence electrons. The van der Waals surface area contributed by atoms with E-state index < -0.39 is 0 Å². The van der Waals surface area contributed by atoms with Gasteiger partial charge < -0.3 is 14.8 Å². The predicted octanol–water partition coefficient (Wildman–Crippen LogP) is 4.42. The molecule has 1 heterocycles. The van der Waals surface area contributed by atoms with Crippen molar-refractivity contribution in [1.82, 2.24) is 5.32 Å². The van der Waals surface area contributed by atoms with Gasteiger partial charge in [-0.05, 0) is 47.9 Å². The molecule has 3 aromatic rings. The number of aryl methyl sites for hydroxylation is 1. The summed E-state index contributed by atoms with van der Waals surface area (Å²) in [6.07, 6.45) is 0.0817. The Hall–Kier alpha value is -2.85. The Morgan fingerprint density at radius 2 is 1.89 bits per heavy atom. The highest BCUT2D eigenvalue weighted by Crippen LogP contribution is 2.25. The Kier molecular flexibility index (Phi) is 4.82.